The molecule has 0 bridgehead atoms. The number of benzene rings is 1. The highest BCUT2D eigenvalue weighted by molar-refractivity contribution is 7.92. The van der Waals surface area contributed by atoms with E-state index in [2.05, 4.69) is 11.6 Å². The van der Waals surface area contributed by atoms with Crippen molar-refractivity contribution in [2.45, 2.75) is 19.8 Å². The van der Waals surface area contributed by atoms with Crippen LogP contribution in [0.3, 0.4) is 0 Å². The van der Waals surface area contributed by atoms with Crippen molar-refractivity contribution in [2.24, 2.45) is 5.92 Å². The fourth-order valence-electron chi connectivity index (χ4n) is 2.66. The van der Waals surface area contributed by atoms with Crippen LogP contribution in [0.5, 0.6) is 0 Å². The predicted molar refractivity (Wildman–Crippen MR) is 90.2 cm³/mol. The number of hydrogen-bond donors (Lipinski definition) is 1. The Balaban J connectivity index is 1.99. The van der Waals surface area contributed by atoms with Gasteiger partial charge in [-0.1, -0.05) is 19.1 Å². The number of amides is 1. The van der Waals surface area contributed by atoms with Gasteiger partial charge < -0.3 is 9.64 Å². The number of piperidine rings is 1. The van der Waals surface area contributed by atoms with E-state index in [1.54, 1.807) is 17.0 Å². The van der Waals surface area contributed by atoms with Gasteiger partial charge in [0.25, 0.3) is 5.91 Å². The third-order valence-electron chi connectivity index (χ3n) is 3.78. The van der Waals surface area contributed by atoms with Crippen LogP contribution in [0, 0.1) is 5.92 Å². The van der Waals surface area contributed by atoms with Crippen molar-refractivity contribution >= 4 is 27.6 Å². The average molecular weight is 354 g/mol. The Kier molecular flexibility index (Phi) is 5.82. The standard InChI is InChI=1S/C16H22N2O5S/c1-12-6-5-9-18(10-12)15(19)11-23-16(20)13-7-3-4-8-14(13)17-24(2,21)22/h3-4,7-8,12,17H,5-6,9-11H2,1-2H3/t12-/m0/s1. The van der Waals surface area contributed by atoms with Gasteiger partial charge >= 0.3 is 5.97 Å². The summed E-state index contributed by atoms with van der Waals surface area (Å²) in [5.74, 6) is -0.526. The normalized spacial score (nSPS) is 18.1. The van der Waals surface area contributed by atoms with Crippen LogP contribution in [-0.2, 0) is 19.6 Å². The minimum absolute atomic E-state index is 0.0720. The van der Waals surface area contributed by atoms with E-state index in [1.807, 2.05) is 0 Å². The molecule has 1 heterocycles. The smallest absolute Gasteiger partial charge is 0.340 e. The molecular weight excluding hydrogens is 332 g/mol. The predicted octanol–water partition coefficient (Wildman–Crippen LogP) is 1.47. The van der Waals surface area contributed by atoms with Crippen LogP contribution >= 0.6 is 0 Å². The van der Waals surface area contributed by atoms with E-state index in [4.69, 9.17) is 4.74 Å². The number of sulfonamides is 1. The zero-order valence-electron chi connectivity index (χ0n) is 13.8. The number of nitrogens with zero attached hydrogens (tertiary/aromatic N) is 1. The Hall–Kier alpha value is -2.09. The molecular formula is C16H22N2O5S. The number of anilines is 1. The Labute approximate surface area is 142 Å². The maximum atomic E-state index is 12.2. The molecule has 0 saturated carbocycles. The van der Waals surface area contributed by atoms with Crippen molar-refractivity contribution < 1.29 is 22.7 Å². The molecule has 0 radical (unpaired) electrons. The summed E-state index contributed by atoms with van der Waals surface area (Å²) in [6.45, 7) is 3.08. The lowest BCUT2D eigenvalue weighted by Gasteiger charge is -2.30. The Bertz CT molecular complexity index is 717. The summed E-state index contributed by atoms with van der Waals surface area (Å²) in [7, 11) is -3.52. The van der Waals surface area contributed by atoms with Crippen molar-refractivity contribution in [1.29, 1.82) is 0 Å². The van der Waals surface area contributed by atoms with Crippen LogP contribution in [0.1, 0.15) is 30.1 Å². The topological polar surface area (TPSA) is 92.8 Å². The molecule has 1 saturated heterocycles. The quantitative estimate of drug-likeness (QED) is 0.809. The van der Waals surface area contributed by atoms with Crippen molar-refractivity contribution in [1.82, 2.24) is 4.90 Å². The number of carbonyl (C=O) groups is 2. The second kappa shape index (κ2) is 7.65. The first-order valence-corrected chi connectivity index (χ1v) is 9.67. The molecule has 8 heteroatoms. The van der Waals surface area contributed by atoms with Crippen LogP contribution in [0.4, 0.5) is 5.69 Å². The van der Waals surface area contributed by atoms with Crippen LogP contribution < -0.4 is 4.72 Å². The monoisotopic (exact) mass is 354 g/mol. The highest BCUT2D eigenvalue weighted by atomic mass is 32.2. The number of esters is 1. The minimum atomic E-state index is -3.52. The van der Waals surface area contributed by atoms with Gasteiger partial charge in [0, 0.05) is 13.1 Å². The molecule has 1 amide bonds. The summed E-state index contributed by atoms with van der Waals surface area (Å²) >= 11 is 0. The van der Waals surface area contributed by atoms with E-state index in [1.165, 1.54) is 12.1 Å². The Morgan fingerprint density at radius 3 is 2.71 bits per heavy atom. The molecule has 0 aromatic heterocycles. The molecule has 1 fully saturated rings. The molecule has 1 aromatic rings. The number of para-hydroxylation sites is 1. The molecule has 0 aliphatic carbocycles. The lowest BCUT2D eigenvalue weighted by molar-refractivity contribution is -0.136. The Morgan fingerprint density at radius 2 is 2.04 bits per heavy atom. The van der Waals surface area contributed by atoms with Crippen molar-refractivity contribution in [3.8, 4) is 0 Å². The summed E-state index contributed by atoms with van der Waals surface area (Å²) in [5, 5.41) is 0. The number of rotatable bonds is 5. The molecule has 2 rings (SSSR count). The number of likely N-dealkylation sites (tertiary alicyclic amines) is 1. The van der Waals surface area contributed by atoms with E-state index in [-0.39, 0.29) is 23.8 Å². The zero-order valence-corrected chi connectivity index (χ0v) is 14.6. The molecule has 0 spiro atoms. The van der Waals surface area contributed by atoms with Gasteiger partial charge in [-0.05, 0) is 30.9 Å². The molecule has 1 aliphatic rings. The van der Waals surface area contributed by atoms with Gasteiger partial charge in [-0.25, -0.2) is 13.2 Å². The van der Waals surface area contributed by atoms with Crippen LogP contribution in [-0.4, -0.2) is 51.1 Å². The first kappa shape index (κ1) is 18.3. The average Bonchev–Trinajstić information content (AvgIpc) is 2.51. The number of carbonyl (C=O) groups excluding carboxylic acids is 2. The minimum Gasteiger partial charge on any atom is -0.452 e. The van der Waals surface area contributed by atoms with Gasteiger partial charge in [0.2, 0.25) is 10.0 Å². The highest BCUT2D eigenvalue weighted by Gasteiger charge is 2.22. The van der Waals surface area contributed by atoms with Crippen LogP contribution in [0.25, 0.3) is 0 Å². The molecule has 1 atom stereocenters. The second-order valence-electron chi connectivity index (χ2n) is 6.08. The van der Waals surface area contributed by atoms with E-state index in [0.29, 0.717) is 19.0 Å². The summed E-state index contributed by atoms with van der Waals surface area (Å²) in [6, 6.07) is 6.11. The lowest BCUT2D eigenvalue weighted by atomic mass is 10.0. The highest BCUT2D eigenvalue weighted by Crippen LogP contribution is 2.18. The van der Waals surface area contributed by atoms with Gasteiger partial charge in [0.1, 0.15) is 0 Å². The molecule has 24 heavy (non-hydrogen) atoms. The molecule has 1 aliphatic heterocycles. The van der Waals surface area contributed by atoms with E-state index in [0.717, 1.165) is 19.1 Å². The molecule has 1 N–H and O–H groups in total. The summed E-state index contributed by atoms with van der Waals surface area (Å²) in [5.41, 5.74) is 0.201. The largest absolute Gasteiger partial charge is 0.452 e. The van der Waals surface area contributed by atoms with Gasteiger partial charge in [0.05, 0.1) is 17.5 Å². The van der Waals surface area contributed by atoms with Crippen molar-refractivity contribution in [2.75, 3.05) is 30.7 Å². The summed E-state index contributed by atoms with van der Waals surface area (Å²) in [6.07, 6.45) is 3.03. The molecule has 132 valence electrons. The second-order valence-corrected chi connectivity index (χ2v) is 7.83. The van der Waals surface area contributed by atoms with Crippen molar-refractivity contribution in [3.05, 3.63) is 29.8 Å². The lowest BCUT2D eigenvalue weighted by Crippen LogP contribution is -2.41. The molecule has 7 nitrogen and oxygen atoms in total. The fourth-order valence-corrected chi connectivity index (χ4v) is 3.24. The van der Waals surface area contributed by atoms with Gasteiger partial charge in [-0.3, -0.25) is 9.52 Å². The first-order chi connectivity index (χ1) is 11.3. The number of nitrogens with one attached hydrogen (secondary N) is 1. The third-order valence-corrected chi connectivity index (χ3v) is 4.37. The molecule has 0 unspecified atom stereocenters. The zero-order chi connectivity index (χ0) is 17.7. The fraction of sp³-hybridized carbons (Fsp3) is 0.500. The van der Waals surface area contributed by atoms with Gasteiger partial charge in [-0.15, -0.1) is 0 Å². The summed E-state index contributed by atoms with van der Waals surface area (Å²) < 4.78 is 30.0. The van der Waals surface area contributed by atoms with E-state index < -0.39 is 16.0 Å². The van der Waals surface area contributed by atoms with E-state index in [9.17, 15) is 18.0 Å². The van der Waals surface area contributed by atoms with Gasteiger partial charge in [0.15, 0.2) is 6.61 Å². The molecule has 1 aromatic carbocycles. The Morgan fingerprint density at radius 1 is 1.33 bits per heavy atom. The van der Waals surface area contributed by atoms with Crippen molar-refractivity contribution in [3.63, 3.8) is 0 Å². The number of ether oxygens (including phenoxy) is 1. The number of hydrogen-bond acceptors (Lipinski definition) is 5. The maximum absolute atomic E-state index is 12.2. The van der Waals surface area contributed by atoms with Crippen LogP contribution in [0.2, 0.25) is 0 Å². The third kappa shape index (κ3) is 5.23. The van der Waals surface area contributed by atoms with Crippen LogP contribution in [0.15, 0.2) is 24.3 Å². The van der Waals surface area contributed by atoms with Gasteiger partial charge in [-0.2, -0.15) is 0 Å². The summed E-state index contributed by atoms with van der Waals surface area (Å²) in [4.78, 5) is 26.0. The SMILES string of the molecule is C[C@H]1CCCN(C(=O)COC(=O)c2ccccc2NS(C)(=O)=O)C1. The van der Waals surface area contributed by atoms with E-state index >= 15 is 0 Å². The maximum Gasteiger partial charge on any atom is 0.340 e. The first-order valence-electron chi connectivity index (χ1n) is 7.78.